The van der Waals surface area contributed by atoms with Gasteiger partial charge in [-0.2, -0.15) is 5.26 Å². The van der Waals surface area contributed by atoms with Crippen LogP contribution in [0.1, 0.15) is 37.6 Å². The van der Waals surface area contributed by atoms with Crippen molar-refractivity contribution in [3.05, 3.63) is 75.6 Å². The van der Waals surface area contributed by atoms with Crippen LogP contribution in [-0.2, 0) is 26.8 Å². The summed E-state index contributed by atoms with van der Waals surface area (Å²) in [7, 11) is -3.42. The summed E-state index contributed by atoms with van der Waals surface area (Å²) in [5, 5.41) is 10.3. The third-order valence-electron chi connectivity index (χ3n) is 5.19. The third-order valence-corrected chi connectivity index (χ3v) is 7.11. The van der Waals surface area contributed by atoms with E-state index in [1.165, 1.54) is 11.3 Å². The number of halogens is 2. The van der Waals surface area contributed by atoms with Crippen molar-refractivity contribution < 1.29 is 17.9 Å². The number of sulfonamides is 1. The van der Waals surface area contributed by atoms with Crippen molar-refractivity contribution in [2.24, 2.45) is 0 Å². The molecule has 0 saturated heterocycles. The second-order valence-electron chi connectivity index (χ2n) is 8.02. The molecule has 0 saturated carbocycles. The zero-order valence-corrected chi connectivity index (χ0v) is 23.0. The van der Waals surface area contributed by atoms with E-state index < -0.39 is 15.4 Å². The SMILES string of the molecule is C=C/C(=C\C=C(/C)C(C)(C)c1cc(Cl)c(OCCCl)c(C#N)c1)OCc1ncsc1NS(C)(=O)=O. The Morgan fingerprint density at radius 1 is 1.37 bits per heavy atom. The maximum atomic E-state index is 11.5. The highest BCUT2D eigenvalue weighted by Crippen LogP contribution is 2.38. The van der Waals surface area contributed by atoms with Crippen LogP contribution in [0.2, 0.25) is 5.02 Å². The molecule has 188 valence electrons. The number of rotatable bonds is 12. The van der Waals surface area contributed by atoms with Gasteiger partial charge in [0, 0.05) is 5.41 Å². The number of nitrogens with one attached hydrogen (secondary N) is 1. The largest absolute Gasteiger partial charge is 0.489 e. The molecule has 0 unspecified atom stereocenters. The van der Waals surface area contributed by atoms with Crippen molar-refractivity contribution in [1.29, 1.82) is 5.26 Å². The van der Waals surface area contributed by atoms with E-state index in [9.17, 15) is 13.7 Å². The Kier molecular flexibility index (Phi) is 10.2. The van der Waals surface area contributed by atoms with Gasteiger partial charge in [-0.3, -0.25) is 4.72 Å². The molecule has 0 amide bonds. The summed E-state index contributed by atoms with van der Waals surface area (Å²) in [5.74, 6) is 1.10. The molecule has 1 N–H and O–H groups in total. The topological polar surface area (TPSA) is 101 Å². The fourth-order valence-corrected chi connectivity index (χ4v) is 4.90. The van der Waals surface area contributed by atoms with Crippen LogP contribution in [-0.4, -0.2) is 32.1 Å². The molecule has 0 atom stereocenters. The molecular weight excluding hydrogens is 529 g/mol. The van der Waals surface area contributed by atoms with Gasteiger partial charge in [0.05, 0.1) is 28.2 Å². The van der Waals surface area contributed by atoms with Crippen LogP contribution in [0.4, 0.5) is 5.00 Å². The number of benzene rings is 1. The maximum absolute atomic E-state index is 11.5. The van der Waals surface area contributed by atoms with Crippen LogP contribution in [0, 0.1) is 11.3 Å². The summed E-state index contributed by atoms with van der Waals surface area (Å²) in [6.45, 7) is 10.1. The van der Waals surface area contributed by atoms with Crippen LogP contribution in [0.5, 0.6) is 5.75 Å². The van der Waals surface area contributed by atoms with E-state index in [4.69, 9.17) is 32.7 Å². The number of allylic oxidation sites excluding steroid dienone is 4. The molecule has 0 aliphatic carbocycles. The lowest BCUT2D eigenvalue weighted by molar-refractivity contribution is 0.209. The molecule has 0 aliphatic rings. The van der Waals surface area contributed by atoms with Gasteiger partial charge in [0.1, 0.15) is 35.7 Å². The van der Waals surface area contributed by atoms with Gasteiger partial charge in [0.25, 0.3) is 0 Å². The van der Waals surface area contributed by atoms with E-state index in [1.54, 1.807) is 29.8 Å². The van der Waals surface area contributed by atoms with E-state index >= 15 is 0 Å². The molecular formula is C24H27Cl2N3O4S2. The molecule has 11 heteroatoms. The van der Waals surface area contributed by atoms with Gasteiger partial charge in [0.2, 0.25) is 10.0 Å². The smallest absolute Gasteiger partial charge is 0.230 e. The van der Waals surface area contributed by atoms with E-state index in [0.717, 1.165) is 17.4 Å². The zero-order valence-electron chi connectivity index (χ0n) is 19.9. The monoisotopic (exact) mass is 555 g/mol. The van der Waals surface area contributed by atoms with Gasteiger partial charge < -0.3 is 9.47 Å². The number of nitriles is 1. The molecule has 35 heavy (non-hydrogen) atoms. The Bertz CT molecular complexity index is 1280. The van der Waals surface area contributed by atoms with Gasteiger partial charge in [-0.25, -0.2) is 13.4 Å². The Hall–Kier alpha value is -2.51. The van der Waals surface area contributed by atoms with Crippen molar-refractivity contribution in [2.45, 2.75) is 32.8 Å². The lowest BCUT2D eigenvalue weighted by atomic mass is 9.77. The van der Waals surface area contributed by atoms with Crippen LogP contribution < -0.4 is 9.46 Å². The first kappa shape index (κ1) is 28.7. The van der Waals surface area contributed by atoms with Gasteiger partial charge in [-0.1, -0.05) is 43.7 Å². The van der Waals surface area contributed by atoms with Crippen molar-refractivity contribution in [2.75, 3.05) is 23.5 Å². The minimum atomic E-state index is -3.42. The molecule has 1 heterocycles. The summed E-state index contributed by atoms with van der Waals surface area (Å²) in [6, 6.07) is 5.69. The molecule has 0 bridgehead atoms. The van der Waals surface area contributed by atoms with Gasteiger partial charge in [-0.05, 0) is 36.8 Å². The fraction of sp³-hybridized carbons (Fsp3) is 0.333. The first-order valence-electron chi connectivity index (χ1n) is 10.4. The molecule has 1 aromatic carbocycles. The third kappa shape index (κ3) is 8.00. The number of aromatic nitrogens is 1. The number of ether oxygens (including phenoxy) is 2. The Morgan fingerprint density at radius 3 is 2.69 bits per heavy atom. The summed E-state index contributed by atoms with van der Waals surface area (Å²) < 4.78 is 36.8. The Balaban J connectivity index is 2.24. The first-order valence-corrected chi connectivity index (χ1v) is 14.1. The average molecular weight is 557 g/mol. The molecule has 2 aromatic rings. The first-order chi connectivity index (χ1) is 16.4. The Labute approximate surface area is 220 Å². The van der Waals surface area contributed by atoms with Crippen molar-refractivity contribution in [1.82, 2.24) is 4.98 Å². The quantitative estimate of drug-likeness (QED) is 0.191. The summed E-state index contributed by atoms with van der Waals surface area (Å²) in [5.41, 5.74) is 3.71. The second-order valence-corrected chi connectivity index (χ2v) is 11.4. The minimum absolute atomic E-state index is 0.0698. The second kappa shape index (κ2) is 12.5. The molecule has 1 aromatic heterocycles. The fourth-order valence-electron chi connectivity index (χ4n) is 2.92. The molecule has 0 radical (unpaired) electrons. The summed E-state index contributed by atoms with van der Waals surface area (Å²) in [4.78, 5) is 4.16. The number of nitrogens with zero attached hydrogens (tertiary/aromatic N) is 2. The van der Waals surface area contributed by atoms with E-state index in [0.29, 0.717) is 32.8 Å². The van der Waals surface area contributed by atoms with E-state index in [1.807, 2.05) is 26.8 Å². The lowest BCUT2D eigenvalue weighted by Crippen LogP contribution is -2.19. The van der Waals surface area contributed by atoms with Crippen molar-refractivity contribution >= 4 is 49.6 Å². The predicted molar refractivity (Wildman–Crippen MR) is 143 cm³/mol. The normalized spacial score (nSPS) is 12.7. The maximum Gasteiger partial charge on any atom is 0.230 e. The number of anilines is 1. The Morgan fingerprint density at radius 2 is 2.09 bits per heavy atom. The highest BCUT2D eigenvalue weighted by Gasteiger charge is 2.25. The predicted octanol–water partition coefficient (Wildman–Crippen LogP) is 6.17. The number of thiazole rings is 1. The summed E-state index contributed by atoms with van der Waals surface area (Å²) in [6.07, 6.45) is 6.30. The molecule has 0 spiro atoms. The number of alkyl halides is 1. The van der Waals surface area contributed by atoms with Gasteiger partial charge in [-0.15, -0.1) is 22.9 Å². The van der Waals surface area contributed by atoms with Crippen molar-refractivity contribution in [3.63, 3.8) is 0 Å². The molecule has 0 fully saturated rings. The van der Waals surface area contributed by atoms with Crippen LogP contribution in [0.3, 0.4) is 0 Å². The molecule has 7 nitrogen and oxygen atoms in total. The van der Waals surface area contributed by atoms with Crippen molar-refractivity contribution in [3.8, 4) is 11.8 Å². The zero-order chi connectivity index (χ0) is 26.2. The number of hydrogen-bond donors (Lipinski definition) is 1. The van der Waals surface area contributed by atoms with E-state index in [-0.39, 0.29) is 19.1 Å². The number of hydrogen-bond acceptors (Lipinski definition) is 7. The van der Waals surface area contributed by atoms with E-state index in [2.05, 4.69) is 22.4 Å². The van der Waals surface area contributed by atoms with Crippen LogP contribution >= 0.6 is 34.5 Å². The van der Waals surface area contributed by atoms with Gasteiger partial charge >= 0.3 is 0 Å². The summed E-state index contributed by atoms with van der Waals surface area (Å²) >= 11 is 13.3. The minimum Gasteiger partial charge on any atom is -0.489 e. The molecule has 2 rings (SSSR count). The average Bonchev–Trinajstić information content (AvgIpc) is 3.22. The van der Waals surface area contributed by atoms with Gasteiger partial charge in [0.15, 0.2) is 5.75 Å². The molecule has 0 aliphatic heterocycles. The van der Waals surface area contributed by atoms with Crippen LogP contribution in [0.25, 0.3) is 0 Å². The van der Waals surface area contributed by atoms with Crippen LogP contribution in [0.15, 0.2) is 53.8 Å². The lowest BCUT2D eigenvalue weighted by Gasteiger charge is -2.27. The highest BCUT2D eigenvalue weighted by atomic mass is 35.5. The highest BCUT2D eigenvalue weighted by molar-refractivity contribution is 7.92. The standard InChI is InChI=1S/C24H27Cl2N3O4S2/c1-6-19(33-14-21-23(34-15-28-21)29-35(5,30)31)8-7-16(2)24(3,4)18-11-17(13-27)22(20(26)12-18)32-10-9-25/h6-8,11-12,15,29H,1,9-10,14H2,2-5H3/b16-7+,19-8+.